The number of hydrogen-bond donors (Lipinski definition) is 2. The summed E-state index contributed by atoms with van der Waals surface area (Å²) >= 11 is 0. The highest BCUT2D eigenvalue weighted by Crippen LogP contribution is 2.26. The highest BCUT2D eigenvalue weighted by Gasteiger charge is 2.23. The molecule has 0 saturated carbocycles. The third-order valence-corrected chi connectivity index (χ3v) is 3.03. The van der Waals surface area contributed by atoms with Gasteiger partial charge in [-0.3, -0.25) is 0 Å². The molecular formula is C14H22N2O2. The van der Waals surface area contributed by atoms with Crippen molar-refractivity contribution in [3.8, 4) is 5.75 Å². The SMILES string of the molecule is CC(C)Oc1cc(N)cc(NC2CCOC2C)c1. The molecular weight excluding hydrogens is 228 g/mol. The number of nitrogens with two attached hydrogens (primary N) is 1. The van der Waals surface area contributed by atoms with E-state index < -0.39 is 0 Å². The highest BCUT2D eigenvalue weighted by molar-refractivity contribution is 5.59. The number of ether oxygens (including phenoxy) is 2. The van der Waals surface area contributed by atoms with Crippen LogP contribution in [0.3, 0.4) is 0 Å². The van der Waals surface area contributed by atoms with E-state index in [0.29, 0.717) is 11.7 Å². The number of nitrogens with one attached hydrogen (secondary N) is 1. The second-order valence-corrected chi connectivity index (χ2v) is 5.07. The Balaban J connectivity index is 2.09. The van der Waals surface area contributed by atoms with Crippen LogP contribution >= 0.6 is 0 Å². The zero-order chi connectivity index (χ0) is 13.1. The summed E-state index contributed by atoms with van der Waals surface area (Å²) in [6.07, 6.45) is 1.41. The summed E-state index contributed by atoms with van der Waals surface area (Å²) in [4.78, 5) is 0. The van der Waals surface area contributed by atoms with E-state index >= 15 is 0 Å². The van der Waals surface area contributed by atoms with E-state index in [1.54, 1.807) is 0 Å². The summed E-state index contributed by atoms with van der Waals surface area (Å²) in [6, 6.07) is 6.11. The highest BCUT2D eigenvalue weighted by atomic mass is 16.5. The molecule has 0 amide bonds. The van der Waals surface area contributed by atoms with Crippen molar-refractivity contribution in [2.75, 3.05) is 17.7 Å². The van der Waals surface area contributed by atoms with Crippen LogP contribution in [0.4, 0.5) is 11.4 Å². The maximum absolute atomic E-state index is 5.89. The number of nitrogen functional groups attached to an aromatic ring is 1. The van der Waals surface area contributed by atoms with Crippen LogP contribution in [0.2, 0.25) is 0 Å². The first-order valence-electron chi connectivity index (χ1n) is 6.50. The van der Waals surface area contributed by atoms with Gasteiger partial charge in [0, 0.05) is 30.1 Å². The predicted molar refractivity (Wildman–Crippen MR) is 74.1 cm³/mol. The van der Waals surface area contributed by atoms with Crippen LogP contribution in [0.1, 0.15) is 27.2 Å². The molecule has 3 N–H and O–H groups in total. The lowest BCUT2D eigenvalue weighted by atomic mass is 10.1. The number of anilines is 2. The van der Waals surface area contributed by atoms with Crippen LogP contribution in [-0.2, 0) is 4.74 Å². The van der Waals surface area contributed by atoms with Gasteiger partial charge < -0.3 is 20.5 Å². The quantitative estimate of drug-likeness (QED) is 0.807. The summed E-state index contributed by atoms with van der Waals surface area (Å²) in [5.41, 5.74) is 7.60. The first kappa shape index (κ1) is 13.0. The Morgan fingerprint density at radius 1 is 1.39 bits per heavy atom. The van der Waals surface area contributed by atoms with Gasteiger partial charge in [0.05, 0.1) is 18.2 Å². The zero-order valence-electron chi connectivity index (χ0n) is 11.3. The smallest absolute Gasteiger partial charge is 0.123 e. The molecule has 4 heteroatoms. The average molecular weight is 250 g/mol. The van der Waals surface area contributed by atoms with Crippen molar-refractivity contribution in [1.29, 1.82) is 0 Å². The van der Waals surface area contributed by atoms with E-state index in [4.69, 9.17) is 15.2 Å². The summed E-state index contributed by atoms with van der Waals surface area (Å²) < 4.78 is 11.2. The molecule has 1 saturated heterocycles. The molecule has 0 spiro atoms. The molecule has 18 heavy (non-hydrogen) atoms. The molecule has 2 atom stereocenters. The lowest BCUT2D eigenvalue weighted by Gasteiger charge is -2.19. The van der Waals surface area contributed by atoms with Gasteiger partial charge in [-0.05, 0) is 33.3 Å². The average Bonchev–Trinajstić information content (AvgIpc) is 2.62. The molecule has 100 valence electrons. The third kappa shape index (κ3) is 3.29. The van der Waals surface area contributed by atoms with E-state index in [2.05, 4.69) is 12.2 Å². The van der Waals surface area contributed by atoms with Gasteiger partial charge in [-0.25, -0.2) is 0 Å². The third-order valence-electron chi connectivity index (χ3n) is 3.03. The van der Waals surface area contributed by atoms with Gasteiger partial charge in [0.2, 0.25) is 0 Å². The van der Waals surface area contributed by atoms with Crippen molar-refractivity contribution in [1.82, 2.24) is 0 Å². The molecule has 0 aromatic heterocycles. The largest absolute Gasteiger partial charge is 0.491 e. The molecule has 1 fully saturated rings. The van der Waals surface area contributed by atoms with Gasteiger partial charge in [-0.15, -0.1) is 0 Å². The molecule has 1 aliphatic heterocycles. The predicted octanol–water partition coefficient (Wildman–Crippen LogP) is 2.65. The fourth-order valence-electron chi connectivity index (χ4n) is 2.18. The standard InChI is InChI=1S/C14H22N2O2/c1-9(2)18-13-7-11(15)6-12(8-13)16-14-4-5-17-10(14)3/h6-10,14,16H,4-5,15H2,1-3H3. The van der Waals surface area contributed by atoms with Gasteiger partial charge in [-0.2, -0.15) is 0 Å². The van der Waals surface area contributed by atoms with Crippen molar-refractivity contribution in [3.05, 3.63) is 18.2 Å². The summed E-state index contributed by atoms with van der Waals surface area (Å²) in [5, 5.41) is 3.46. The second kappa shape index (κ2) is 5.48. The Bertz CT molecular complexity index is 407. The molecule has 0 aliphatic carbocycles. The second-order valence-electron chi connectivity index (χ2n) is 5.07. The van der Waals surface area contributed by atoms with Crippen LogP contribution in [0.15, 0.2) is 18.2 Å². The zero-order valence-corrected chi connectivity index (χ0v) is 11.3. The summed E-state index contributed by atoms with van der Waals surface area (Å²) in [7, 11) is 0. The van der Waals surface area contributed by atoms with E-state index in [-0.39, 0.29) is 12.2 Å². The number of benzene rings is 1. The van der Waals surface area contributed by atoms with Crippen LogP contribution in [0, 0.1) is 0 Å². The molecule has 1 heterocycles. The topological polar surface area (TPSA) is 56.5 Å². The van der Waals surface area contributed by atoms with E-state index in [9.17, 15) is 0 Å². The van der Waals surface area contributed by atoms with Crippen LogP contribution in [-0.4, -0.2) is 24.9 Å². The normalized spacial score (nSPS) is 23.3. The minimum absolute atomic E-state index is 0.147. The molecule has 2 unspecified atom stereocenters. The Morgan fingerprint density at radius 2 is 2.17 bits per heavy atom. The first-order chi connectivity index (χ1) is 8.54. The van der Waals surface area contributed by atoms with E-state index in [0.717, 1.165) is 24.5 Å². The Kier molecular flexibility index (Phi) is 3.97. The van der Waals surface area contributed by atoms with Crippen molar-refractivity contribution >= 4 is 11.4 Å². The minimum Gasteiger partial charge on any atom is -0.491 e. The van der Waals surface area contributed by atoms with Gasteiger partial charge in [0.25, 0.3) is 0 Å². The number of rotatable bonds is 4. The molecule has 1 aromatic carbocycles. The van der Waals surface area contributed by atoms with E-state index in [1.807, 2.05) is 32.0 Å². The molecule has 0 radical (unpaired) electrons. The van der Waals surface area contributed by atoms with Gasteiger partial charge in [-0.1, -0.05) is 0 Å². The van der Waals surface area contributed by atoms with Crippen molar-refractivity contribution in [2.45, 2.75) is 45.4 Å². The molecule has 4 nitrogen and oxygen atoms in total. The molecule has 1 aromatic rings. The molecule has 0 bridgehead atoms. The Morgan fingerprint density at radius 3 is 2.78 bits per heavy atom. The minimum atomic E-state index is 0.147. The van der Waals surface area contributed by atoms with Crippen LogP contribution in [0.25, 0.3) is 0 Å². The van der Waals surface area contributed by atoms with Crippen LogP contribution in [0.5, 0.6) is 5.75 Å². The maximum Gasteiger partial charge on any atom is 0.123 e. The van der Waals surface area contributed by atoms with Gasteiger partial charge >= 0.3 is 0 Å². The van der Waals surface area contributed by atoms with E-state index in [1.165, 1.54) is 0 Å². The molecule has 2 rings (SSSR count). The Labute approximate surface area is 108 Å². The lowest BCUT2D eigenvalue weighted by molar-refractivity contribution is 0.121. The summed E-state index contributed by atoms with van der Waals surface area (Å²) in [5.74, 6) is 0.805. The lowest BCUT2D eigenvalue weighted by Crippen LogP contribution is -2.26. The Hall–Kier alpha value is -1.42. The molecule has 1 aliphatic rings. The fraction of sp³-hybridized carbons (Fsp3) is 0.571. The number of hydrogen-bond acceptors (Lipinski definition) is 4. The first-order valence-corrected chi connectivity index (χ1v) is 6.50. The van der Waals surface area contributed by atoms with Crippen molar-refractivity contribution < 1.29 is 9.47 Å². The fourth-order valence-corrected chi connectivity index (χ4v) is 2.18. The van der Waals surface area contributed by atoms with Crippen LogP contribution < -0.4 is 15.8 Å². The van der Waals surface area contributed by atoms with Gasteiger partial charge in [0.15, 0.2) is 0 Å². The van der Waals surface area contributed by atoms with Gasteiger partial charge in [0.1, 0.15) is 5.75 Å². The maximum atomic E-state index is 5.89. The monoisotopic (exact) mass is 250 g/mol. The van der Waals surface area contributed by atoms with Crippen molar-refractivity contribution in [3.63, 3.8) is 0 Å². The summed E-state index contributed by atoms with van der Waals surface area (Å²) in [6.45, 7) is 6.91. The van der Waals surface area contributed by atoms with Crippen molar-refractivity contribution in [2.24, 2.45) is 0 Å².